The Kier molecular flexibility index (Phi) is 10.8. The predicted octanol–water partition coefficient (Wildman–Crippen LogP) is 4.54. The highest BCUT2D eigenvalue weighted by molar-refractivity contribution is 5.92. The number of carboxylic acids is 1. The van der Waals surface area contributed by atoms with Gasteiger partial charge in [0.05, 0.1) is 6.42 Å². The van der Waals surface area contributed by atoms with E-state index in [1.54, 1.807) is 24.3 Å². The van der Waals surface area contributed by atoms with Crippen LogP contribution in [0.2, 0.25) is 0 Å². The molecule has 0 bridgehead atoms. The highest BCUT2D eigenvalue weighted by Crippen LogP contribution is 2.17. The van der Waals surface area contributed by atoms with E-state index in [2.05, 4.69) is 12.2 Å². The normalized spacial score (nSPS) is 10.3. The van der Waals surface area contributed by atoms with Gasteiger partial charge in [0.15, 0.2) is 0 Å². The first kappa shape index (κ1) is 21.7. The number of carboxylic acid groups (broad SMARTS) is 1. The van der Waals surface area contributed by atoms with Crippen LogP contribution >= 0.6 is 0 Å². The van der Waals surface area contributed by atoms with Crippen molar-refractivity contribution in [3.63, 3.8) is 0 Å². The number of hydrogen-bond acceptors (Lipinski definition) is 4. The highest BCUT2D eigenvalue weighted by atomic mass is 16.5. The van der Waals surface area contributed by atoms with Crippen LogP contribution in [0.4, 0.5) is 5.69 Å². The molecule has 0 aromatic heterocycles. The number of carbonyl (C=O) groups excluding carboxylic acids is 2. The van der Waals surface area contributed by atoms with E-state index in [0.717, 1.165) is 19.3 Å². The van der Waals surface area contributed by atoms with E-state index in [1.807, 2.05) is 0 Å². The second-order valence-corrected chi connectivity index (χ2v) is 6.31. The summed E-state index contributed by atoms with van der Waals surface area (Å²) in [5.41, 5.74) is 0.535. The summed E-state index contributed by atoms with van der Waals surface area (Å²) in [4.78, 5) is 33.8. The molecule has 0 atom stereocenters. The van der Waals surface area contributed by atoms with Crippen molar-refractivity contribution in [2.75, 3.05) is 5.32 Å². The molecule has 1 aromatic carbocycles. The molecule has 0 heterocycles. The number of carbonyl (C=O) groups is 3. The van der Waals surface area contributed by atoms with Crippen LogP contribution < -0.4 is 10.1 Å². The lowest BCUT2D eigenvalue weighted by atomic mass is 10.1. The monoisotopic (exact) mass is 363 g/mol. The molecule has 1 amide bonds. The fraction of sp³-hybridized carbons (Fsp3) is 0.550. The van der Waals surface area contributed by atoms with Gasteiger partial charge in [-0.15, -0.1) is 0 Å². The molecule has 0 saturated carbocycles. The zero-order valence-electron chi connectivity index (χ0n) is 15.5. The van der Waals surface area contributed by atoms with Gasteiger partial charge in [-0.2, -0.15) is 0 Å². The molecule has 0 radical (unpaired) electrons. The van der Waals surface area contributed by atoms with E-state index in [-0.39, 0.29) is 24.7 Å². The number of ether oxygens (including phenoxy) is 1. The number of benzene rings is 1. The van der Waals surface area contributed by atoms with E-state index in [9.17, 15) is 14.4 Å². The number of nitrogens with one attached hydrogen (secondary N) is 1. The van der Waals surface area contributed by atoms with Crippen LogP contribution in [0.15, 0.2) is 24.3 Å². The molecular weight excluding hydrogens is 334 g/mol. The van der Waals surface area contributed by atoms with Crippen LogP contribution in [0.25, 0.3) is 0 Å². The lowest BCUT2D eigenvalue weighted by molar-refractivity contribution is -0.138. The smallest absolute Gasteiger partial charge is 0.311 e. The van der Waals surface area contributed by atoms with Crippen molar-refractivity contribution >= 4 is 23.5 Å². The SMILES string of the molecule is CCCCCCCCCC(=O)Oc1ccc(NC(=O)CCC(=O)O)cc1. The van der Waals surface area contributed by atoms with Gasteiger partial charge in [0.25, 0.3) is 0 Å². The maximum Gasteiger partial charge on any atom is 0.311 e. The molecule has 1 rings (SSSR count). The summed E-state index contributed by atoms with van der Waals surface area (Å²) in [5, 5.41) is 11.1. The molecule has 26 heavy (non-hydrogen) atoms. The summed E-state index contributed by atoms with van der Waals surface area (Å²) in [6, 6.07) is 6.45. The number of rotatable bonds is 13. The largest absolute Gasteiger partial charge is 0.481 e. The number of aliphatic carboxylic acids is 1. The van der Waals surface area contributed by atoms with Crippen molar-refractivity contribution in [3.05, 3.63) is 24.3 Å². The predicted molar refractivity (Wildman–Crippen MR) is 100 cm³/mol. The minimum Gasteiger partial charge on any atom is -0.481 e. The molecule has 0 aliphatic carbocycles. The Bertz CT molecular complexity index is 568. The molecule has 0 aliphatic rings. The molecule has 6 nitrogen and oxygen atoms in total. The fourth-order valence-electron chi connectivity index (χ4n) is 2.46. The summed E-state index contributed by atoms with van der Waals surface area (Å²) in [6.45, 7) is 2.19. The average molecular weight is 363 g/mol. The van der Waals surface area contributed by atoms with Gasteiger partial charge in [-0.05, 0) is 30.7 Å². The van der Waals surface area contributed by atoms with Gasteiger partial charge in [0.1, 0.15) is 5.75 Å². The van der Waals surface area contributed by atoms with Crippen molar-refractivity contribution in [2.24, 2.45) is 0 Å². The van der Waals surface area contributed by atoms with Crippen LogP contribution in [0.1, 0.15) is 71.1 Å². The van der Waals surface area contributed by atoms with Crippen molar-refractivity contribution in [3.8, 4) is 5.75 Å². The Hall–Kier alpha value is -2.37. The van der Waals surface area contributed by atoms with E-state index in [1.165, 1.54) is 25.7 Å². The second kappa shape index (κ2) is 12.9. The Morgan fingerprint density at radius 3 is 2.12 bits per heavy atom. The lowest BCUT2D eigenvalue weighted by Gasteiger charge is -2.07. The molecule has 0 spiro atoms. The van der Waals surface area contributed by atoms with Gasteiger partial charge in [-0.3, -0.25) is 14.4 Å². The first-order chi connectivity index (χ1) is 12.5. The Morgan fingerprint density at radius 2 is 1.50 bits per heavy atom. The molecule has 144 valence electrons. The standard InChI is InChI=1S/C20H29NO5/c1-2-3-4-5-6-7-8-9-20(25)26-17-12-10-16(11-13-17)21-18(22)14-15-19(23)24/h10-13H,2-9,14-15H2,1H3,(H,21,22)(H,23,24). The lowest BCUT2D eigenvalue weighted by Crippen LogP contribution is -2.13. The van der Waals surface area contributed by atoms with Crippen molar-refractivity contribution in [1.29, 1.82) is 0 Å². The topological polar surface area (TPSA) is 92.7 Å². The van der Waals surface area contributed by atoms with Gasteiger partial charge < -0.3 is 15.2 Å². The summed E-state index contributed by atoms with van der Waals surface area (Å²) >= 11 is 0. The number of amides is 1. The zero-order valence-corrected chi connectivity index (χ0v) is 15.5. The summed E-state index contributed by atoms with van der Waals surface area (Å²) < 4.78 is 5.27. The zero-order chi connectivity index (χ0) is 19.2. The summed E-state index contributed by atoms with van der Waals surface area (Å²) in [5.74, 6) is -1.20. The number of unbranched alkanes of at least 4 members (excludes halogenated alkanes) is 6. The maximum atomic E-state index is 11.8. The first-order valence-electron chi connectivity index (χ1n) is 9.33. The quantitative estimate of drug-likeness (QED) is 0.305. The van der Waals surface area contributed by atoms with E-state index in [4.69, 9.17) is 9.84 Å². The molecule has 0 unspecified atom stereocenters. The third-order valence-electron chi connectivity index (χ3n) is 3.92. The number of esters is 1. The molecule has 1 aromatic rings. The molecule has 6 heteroatoms. The summed E-state index contributed by atoms with van der Waals surface area (Å²) in [6.07, 6.45) is 8.15. The minimum atomic E-state index is -1.01. The maximum absolute atomic E-state index is 11.8. The van der Waals surface area contributed by atoms with Crippen LogP contribution in [0, 0.1) is 0 Å². The van der Waals surface area contributed by atoms with Gasteiger partial charge in [0, 0.05) is 18.5 Å². The minimum absolute atomic E-state index is 0.0789. The fourth-order valence-corrected chi connectivity index (χ4v) is 2.46. The molecule has 2 N–H and O–H groups in total. The van der Waals surface area contributed by atoms with E-state index < -0.39 is 5.97 Å². The van der Waals surface area contributed by atoms with Gasteiger partial charge in [0.2, 0.25) is 5.91 Å². The Labute approximate surface area is 154 Å². The van der Waals surface area contributed by atoms with Gasteiger partial charge >= 0.3 is 11.9 Å². The van der Waals surface area contributed by atoms with Crippen molar-refractivity contribution in [2.45, 2.75) is 71.1 Å². The molecule has 0 saturated heterocycles. The third kappa shape index (κ3) is 10.5. The van der Waals surface area contributed by atoms with Crippen LogP contribution in [-0.2, 0) is 14.4 Å². The van der Waals surface area contributed by atoms with Crippen LogP contribution in [-0.4, -0.2) is 23.0 Å². The van der Waals surface area contributed by atoms with Gasteiger partial charge in [-0.1, -0.05) is 45.4 Å². The molecule has 0 fully saturated rings. The van der Waals surface area contributed by atoms with Gasteiger partial charge in [-0.25, -0.2) is 0 Å². The number of hydrogen-bond donors (Lipinski definition) is 2. The van der Waals surface area contributed by atoms with Crippen molar-refractivity contribution in [1.82, 2.24) is 0 Å². The van der Waals surface area contributed by atoms with Crippen LogP contribution in [0.3, 0.4) is 0 Å². The molecular formula is C20H29NO5. The Balaban J connectivity index is 2.23. The van der Waals surface area contributed by atoms with E-state index in [0.29, 0.717) is 17.9 Å². The van der Waals surface area contributed by atoms with Crippen LogP contribution in [0.5, 0.6) is 5.75 Å². The summed E-state index contributed by atoms with van der Waals surface area (Å²) in [7, 11) is 0. The number of anilines is 1. The Morgan fingerprint density at radius 1 is 0.885 bits per heavy atom. The van der Waals surface area contributed by atoms with E-state index >= 15 is 0 Å². The molecule has 0 aliphatic heterocycles. The average Bonchev–Trinajstić information content (AvgIpc) is 2.61. The van der Waals surface area contributed by atoms with Crippen molar-refractivity contribution < 1.29 is 24.2 Å². The third-order valence-corrected chi connectivity index (χ3v) is 3.92. The highest BCUT2D eigenvalue weighted by Gasteiger charge is 2.07. The first-order valence-corrected chi connectivity index (χ1v) is 9.33. The second-order valence-electron chi connectivity index (χ2n) is 6.31.